The highest BCUT2D eigenvalue weighted by molar-refractivity contribution is 5.74. The molecule has 4 nitrogen and oxygen atoms in total. The number of nitrogens with zero attached hydrogens (tertiary/aromatic N) is 1. The Balaban J connectivity index is 2.09. The topological polar surface area (TPSA) is 61.2 Å². The standard InChI is InChI=1S/C17H18N2O2/c1-3-11-6-4-5-7-13(11)16(18)12-8-9-14-15(10-12)21-17(20)19(14)2/h4-10,16H,3,18H2,1-2H3. The average Bonchev–Trinajstić information content (AvgIpc) is 2.80. The summed E-state index contributed by atoms with van der Waals surface area (Å²) in [5.74, 6) is -0.357. The number of hydrogen-bond acceptors (Lipinski definition) is 3. The van der Waals surface area contributed by atoms with Gasteiger partial charge in [0.1, 0.15) is 0 Å². The lowest BCUT2D eigenvalue weighted by molar-refractivity contribution is 0.527. The fourth-order valence-electron chi connectivity index (χ4n) is 2.68. The minimum atomic E-state index is -0.357. The third kappa shape index (κ3) is 2.28. The van der Waals surface area contributed by atoms with Gasteiger partial charge in [0.05, 0.1) is 11.6 Å². The van der Waals surface area contributed by atoms with Gasteiger partial charge < -0.3 is 10.2 Å². The Morgan fingerprint density at radius 2 is 2.00 bits per heavy atom. The Morgan fingerprint density at radius 3 is 2.76 bits per heavy atom. The third-order valence-corrected chi connectivity index (χ3v) is 3.95. The molecule has 0 spiro atoms. The molecule has 0 radical (unpaired) electrons. The molecule has 2 aromatic carbocycles. The summed E-state index contributed by atoms with van der Waals surface area (Å²) in [4.78, 5) is 11.6. The summed E-state index contributed by atoms with van der Waals surface area (Å²) in [6.45, 7) is 2.12. The van der Waals surface area contributed by atoms with Crippen LogP contribution in [0.3, 0.4) is 0 Å². The smallest absolute Gasteiger partial charge is 0.408 e. The van der Waals surface area contributed by atoms with Gasteiger partial charge in [-0.2, -0.15) is 0 Å². The summed E-state index contributed by atoms with van der Waals surface area (Å²) < 4.78 is 6.72. The fourth-order valence-corrected chi connectivity index (χ4v) is 2.68. The largest absolute Gasteiger partial charge is 0.419 e. The highest BCUT2D eigenvalue weighted by Crippen LogP contribution is 2.25. The van der Waals surface area contributed by atoms with E-state index in [-0.39, 0.29) is 11.8 Å². The van der Waals surface area contributed by atoms with Crippen molar-refractivity contribution in [1.82, 2.24) is 4.57 Å². The minimum Gasteiger partial charge on any atom is -0.408 e. The summed E-state index contributed by atoms with van der Waals surface area (Å²) in [6.07, 6.45) is 0.937. The van der Waals surface area contributed by atoms with E-state index in [4.69, 9.17) is 10.2 Å². The van der Waals surface area contributed by atoms with E-state index in [0.717, 1.165) is 23.1 Å². The highest BCUT2D eigenvalue weighted by atomic mass is 16.4. The molecule has 4 heteroatoms. The summed E-state index contributed by atoms with van der Waals surface area (Å²) in [5, 5.41) is 0. The average molecular weight is 282 g/mol. The first-order valence-corrected chi connectivity index (χ1v) is 7.04. The summed E-state index contributed by atoms with van der Waals surface area (Å²) in [7, 11) is 1.69. The Morgan fingerprint density at radius 1 is 1.24 bits per heavy atom. The molecule has 0 fully saturated rings. The zero-order chi connectivity index (χ0) is 15.0. The first-order valence-electron chi connectivity index (χ1n) is 7.04. The second kappa shape index (κ2) is 5.22. The van der Waals surface area contributed by atoms with Gasteiger partial charge in [0.25, 0.3) is 0 Å². The van der Waals surface area contributed by atoms with Crippen molar-refractivity contribution in [2.24, 2.45) is 12.8 Å². The van der Waals surface area contributed by atoms with Gasteiger partial charge in [0.2, 0.25) is 0 Å². The molecule has 1 unspecified atom stereocenters. The maximum atomic E-state index is 11.6. The van der Waals surface area contributed by atoms with Crippen LogP contribution in [0.1, 0.15) is 29.7 Å². The van der Waals surface area contributed by atoms with E-state index < -0.39 is 0 Å². The van der Waals surface area contributed by atoms with Crippen molar-refractivity contribution in [3.05, 3.63) is 69.7 Å². The maximum Gasteiger partial charge on any atom is 0.419 e. The molecule has 0 saturated heterocycles. The van der Waals surface area contributed by atoms with Crippen LogP contribution in [0.4, 0.5) is 0 Å². The van der Waals surface area contributed by atoms with Crippen LogP contribution in [-0.4, -0.2) is 4.57 Å². The Labute approximate surface area is 122 Å². The Hall–Kier alpha value is -2.33. The number of nitrogens with two attached hydrogens (primary N) is 1. The highest BCUT2D eigenvalue weighted by Gasteiger charge is 2.14. The fraction of sp³-hybridized carbons (Fsp3) is 0.235. The molecule has 0 bridgehead atoms. The Bertz CT molecular complexity index is 845. The predicted molar refractivity (Wildman–Crippen MR) is 83.3 cm³/mol. The van der Waals surface area contributed by atoms with E-state index >= 15 is 0 Å². The predicted octanol–water partition coefficient (Wildman–Crippen LogP) is 2.74. The van der Waals surface area contributed by atoms with Crippen molar-refractivity contribution in [2.45, 2.75) is 19.4 Å². The molecule has 3 aromatic rings. The van der Waals surface area contributed by atoms with E-state index in [1.165, 1.54) is 10.1 Å². The molecule has 0 amide bonds. The van der Waals surface area contributed by atoms with E-state index in [2.05, 4.69) is 19.1 Å². The number of fused-ring (bicyclic) bond motifs is 1. The lowest BCUT2D eigenvalue weighted by Crippen LogP contribution is -2.13. The molecule has 108 valence electrons. The van der Waals surface area contributed by atoms with E-state index in [9.17, 15) is 4.79 Å². The molecule has 0 aliphatic rings. The summed E-state index contributed by atoms with van der Waals surface area (Å²) >= 11 is 0. The molecular weight excluding hydrogens is 264 g/mol. The molecular formula is C17H18N2O2. The zero-order valence-electron chi connectivity index (χ0n) is 12.2. The normalized spacial score (nSPS) is 12.7. The van der Waals surface area contributed by atoms with Crippen LogP contribution in [0.5, 0.6) is 0 Å². The van der Waals surface area contributed by atoms with Crippen LogP contribution >= 0.6 is 0 Å². The van der Waals surface area contributed by atoms with Crippen LogP contribution in [0, 0.1) is 0 Å². The lowest BCUT2D eigenvalue weighted by Gasteiger charge is -2.16. The molecule has 0 aliphatic carbocycles. The lowest BCUT2D eigenvalue weighted by atomic mass is 9.94. The van der Waals surface area contributed by atoms with Crippen molar-refractivity contribution in [2.75, 3.05) is 0 Å². The Kier molecular flexibility index (Phi) is 3.39. The number of hydrogen-bond donors (Lipinski definition) is 1. The summed E-state index contributed by atoms with van der Waals surface area (Å²) in [6, 6.07) is 13.6. The van der Waals surface area contributed by atoms with Gasteiger partial charge in [0, 0.05) is 7.05 Å². The summed E-state index contributed by atoms with van der Waals surface area (Å²) in [5.41, 5.74) is 11.0. The quantitative estimate of drug-likeness (QED) is 0.803. The van der Waals surface area contributed by atoms with Crippen molar-refractivity contribution in [3.63, 3.8) is 0 Å². The van der Waals surface area contributed by atoms with Crippen LogP contribution < -0.4 is 11.5 Å². The monoisotopic (exact) mass is 282 g/mol. The molecule has 0 aliphatic heterocycles. The molecule has 0 saturated carbocycles. The minimum absolute atomic E-state index is 0.226. The maximum absolute atomic E-state index is 11.6. The first-order chi connectivity index (χ1) is 10.1. The van der Waals surface area contributed by atoms with Crippen LogP contribution in [-0.2, 0) is 13.5 Å². The molecule has 2 N–H and O–H groups in total. The number of oxazole rings is 1. The second-order valence-electron chi connectivity index (χ2n) is 5.18. The van der Waals surface area contributed by atoms with Crippen molar-refractivity contribution in [1.29, 1.82) is 0 Å². The second-order valence-corrected chi connectivity index (χ2v) is 5.18. The van der Waals surface area contributed by atoms with E-state index in [1.807, 2.05) is 30.3 Å². The van der Waals surface area contributed by atoms with Gasteiger partial charge in [-0.05, 0) is 35.2 Å². The van der Waals surface area contributed by atoms with Crippen LogP contribution in [0.2, 0.25) is 0 Å². The number of aromatic nitrogens is 1. The van der Waals surface area contributed by atoms with Crippen molar-refractivity contribution < 1.29 is 4.42 Å². The third-order valence-electron chi connectivity index (χ3n) is 3.95. The number of rotatable bonds is 3. The number of benzene rings is 2. The number of aryl methyl sites for hydroxylation is 2. The van der Waals surface area contributed by atoms with E-state index in [0.29, 0.717) is 5.58 Å². The molecule has 1 aromatic heterocycles. The van der Waals surface area contributed by atoms with Gasteiger partial charge in [0.15, 0.2) is 5.58 Å². The van der Waals surface area contributed by atoms with Crippen molar-refractivity contribution >= 4 is 11.1 Å². The van der Waals surface area contributed by atoms with Gasteiger partial charge in [-0.25, -0.2) is 4.79 Å². The molecule has 3 rings (SSSR count). The SMILES string of the molecule is CCc1ccccc1C(N)c1ccc2c(c1)oc(=O)n2C. The van der Waals surface area contributed by atoms with Gasteiger partial charge >= 0.3 is 5.76 Å². The van der Waals surface area contributed by atoms with E-state index in [1.54, 1.807) is 7.05 Å². The zero-order valence-corrected chi connectivity index (χ0v) is 12.2. The molecule has 1 heterocycles. The first kappa shape index (κ1) is 13.6. The van der Waals surface area contributed by atoms with Crippen LogP contribution in [0.15, 0.2) is 51.7 Å². The molecule has 1 atom stereocenters. The van der Waals surface area contributed by atoms with Crippen molar-refractivity contribution in [3.8, 4) is 0 Å². The van der Waals surface area contributed by atoms with Gasteiger partial charge in [-0.15, -0.1) is 0 Å². The van der Waals surface area contributed by atoms with Crippen LogP contribution in [0.25, 0.3) is 11.1 Å². The van der Waals surface area contributed by atoms with Gasteiger partial charge in [-0.1, -0.05) is 37.3 Å². The van der Waals surface area contributed by atoms with Gasteiger partial charge in [-0.3, -0.25) is 4.57 Å². The molecule has 21 heavy (non-hydrogen) atoms.